The number of hydrogen-bond acceptors (Lipinski definition) is 4. The summed E-state index contributed by atoms with van der Waals surface area (Å²) in [6, 6.07) is 4.99. The van der Waals surface area contributed by atoms with Gasteiger partial charge in [-0.05, 0) is 30.5 Å². The minimum atomic E-state index is -0.651. The summed E-state index contributed by atoms with van der Waals surface area (Å²) in [5.74, 6) is -1.19. The summed E-state index contributed by atoms with van der Waals surface area (Å²) in [7, 11) is 1.24. The maximum atomic E-state index is 13.7. The fourth-order valence-electron chi connectivity index (χ4n) is 2.11. The summed E-state index contributed by atoms with van der Waals surface area (Å²) in [6.45, 7) is 2.13. The van der Waals surface area contributed by atoms with Crippen LogP contribution in [0.25, 0.3) is 0 Å². The van der Waals surface area contributed by atoms with Crippen LogP contribution in [0.5, 0.6) is 0 Å². The third-order valence-electron chi connectivity index (χ3n) is 3.25. The number of rotatable bonds is 4. The van der Waals surface area contributed by atoms with Gasteiger partial charge in [0.25, 0.3) is 0 Å². The molecule has 0 aliphatic carbocycles. The molecular formula is C14H18FNO3. The second-order valence-corrected chi connectivity index (χ2v) is 4.57. The van der Waals surface area contributed by atoms with Gasteiger partial charge in [-0.1, -0.05) is 6.07 Å². The number of nitrogens with one attached hydrogen (secondary N) is 1. The normalized spacial score (nSPS) is 16.3. The first-order valence-corrected chi connectivity index (χ1v) is 6.38. The van der Waals surface area contributed by atoms with Crippen molar-refractivity contribution in [3.05, 3.63) is 35.1 Å². The van der Waals surface area contributed by atoms with Gasteiger partial charge in [0, 0.05) is 25.8 Å². The SMILES string of the molecule is COC(=O)c1ccc(CNC2CCOCC2)cc1F. The lowest BCUT2D eigenvalue weighted by atomic mass is 10.1. The molecule has 0 radical (unpaired) electrons. The number of carbonyl (C=O) groups excluding carboxylic acids is 1. The molecule has 1 heterocycles. The molecule has 0 atom stereocenters. The number of esters is 1. The number of methoxy groups -OCH3 is 1. The molecule has 4 nitrogen and oxygen atoms in total. The van der Waals surface area contributed by atoms with Crippen molar-refractivity contribution in [2.75, 3.05) is 20.3 Å². The molecule has 1 aromatic carbocycles. The minimum Gasteiger partial charge on any atom is -0.465 e. The lowest BCUT2D eigenvalue weighted by Crippen LogP contribution is -2.34. The lowest BCUT2D eigenvalue weighted by molar-refractivity contribution is 0.0595. The minimum absolute atomic E-state index is 0.0303. The highest BCUT2D eigenvalue weighted by atomic mass is 19.1. The van der Waals surface area contributed by atoms with Gasteiger partial charge in [0.2, 0.25) is 0 Å². The fourth-order valence-corrected chi connectivity index (χ4v) is 2.11. The standard InChI is InChI=1S/C14H18FNO3/c1-18-14(17)12-3-2-10(8-13(12)15)9-16-11-4-6-19-7-5-11/h2-3,8,11,16H,4-7,9H2,1H3. The van der Waals surface area contributed by atoms with Crippen molar-refractivity contribution in [2.24, 2.45) is 0 Å². The second kappa shape index (κ2) is 6.63. The molecule has 1 N–H and O–H groups in total. The van der Waals surface area contributed by atoms with E-state index in [-0.39, 0.29) is 5.56 Å². The molecule has 2 rings (SSSR count). The predicted octanol–water partition coefficient (Wildman–Crippen LogP) is 1.88. The molecular weight excluding hydrogens is 249 g/mol. The highest BCUT2D eigenvalue weighted by Crippen LogP contribution is 2.13. The molecule has 0 bridgehead atoms. The van der Waals surface area contributed by atoms with Crippen LogP contribution in [0, 0.1) is 5.82 Å². The summed E-state index contributed by atoms with van der Waals surface area (Å²) in [5, 5.41) is 3.36. The number of hydrogen-bond donors (Lipinski definition) is 1. The van der Waals surface area contributed by atoms with E-state index < -0.39 is 11.8 Å². The van der Waals surface area contributed by atoms with Crippen molar-refractivity contribution < 1.29 is 18.7 Å². The zero-order valence-corrected chi connectivity index (χ0v) is 10.9. The molecule has 0 spiro atoms. The Labute approximate surface area is 111 Å². The third-order valence-corrected chi connectivity index (χ3v) is 3.25. The van der Waals surface area contributed by atoms with Crippen molar-refractivity contribution >= 4 is 5.97 Å². The van der Waals surface area contributed by atoms with E-state index in [1.54, 1.807) is 6.07 Å². The molecule has 1 saturated heterocycles. The highest BCUT2D eigenvalue weighted by Gasteiger charge is 2.15. The van der Waals surface area contributed by atoms with Gasteiger partial charge < -0.3 is 14.8 Å². The Bertz CT molecular complexity index is 444. The van der Waals surface area contributed by atoms with E-state index in [0.29, 0.717) is 12.6 Å². The van der Waals surface area contributed by atoms with E-state index in [1.165, 1.54) is 19.2 Å². The Morgan fingerprint density at radius 2 is 2.21 bits per heavy atom. The zero-order chi connectivity index (χ0) is 13.7. The molecule has 1 aromatic rings. The van der Waals surface area contributed by atoms with E-state index in [4.69, 9.17) is 4.74 Å². The Morgan fingerprint density at radius 1 is 1.47 bits per heavy atom. The van der Waals surface area contributed by atoms with Crippen LogP contribution < -0.4 is 5.32 Å². The third kappa shape index (κ3) is 3.75. The number of benzene rings is 1. The molecule has 0 saturated carbocycles. The van der Waals surface area contributed by atoms with Crippen molar-refractivity contribution in [1.29, 1.82) is 0 Å². The maximum absolute atomic E-state index is 13.7. The smallest absolute Gasteiger partial charge is 0.340 e. The lowest BCUT2D eigenvalue weighted by Gasteiger charge is -2.23. The van der Waals surface area contributed by atoms with Gasteiger partial charge >= 0.3 is 5.97 Å². The van der Waals surface area contributed by atoms with Crippen LogP contribution in [0.3, 0.4) is 0 Å². The van der Waals surface area contributed by atoms with Gasteiger partial charge in [0.15, 0.2) is 0 Å². The zero-order valence-electron chi connectivity index (χ0n) is 10.9. The molecule has 104 valence electrons. The second-order valence-electron chi connectivity index (χ2n) is 4.57. The van der Waals surface area contributed by atoms with E-state index >= 15 is 0 Å². The number of carbonyl (C=O) groups is 1. The Balaban J connectivity index is 1.94. The van der Waals surface area contributed by atoms with Crippen LogP contribution in [0.1, 0.15) is 28.8 Å². The largest absolute Gasteiger partial charge is 0.465 e. The summed E-state index contributed by atoms with van der Waals surface area (Å²) >= 11 is 0. The average molecular weight is 267 g/mol. The van der Waals surface area contributed by atoms with Crippen molar-refractivity contribution in [3.8, 4) is 0 Å². The highest BCUT2D eigenvalue weighted by molar-refractivity contribution is 5.89. The van der Waals surface area contributed by atoms with Crippen LogP contribution in [-0.2, 0) is 16.0 Å². The van der Waals surface area contributed by atoms with Crippen molar-refractivity contribution in [1.82, 2.24) is 5.32 Å². The molecule has 1 aliphatic rings. The molecule has 1 fully saturated rings. The topological polar surface area (TPSA) is 47.6 Å². The molecule has 0 aromatic heterocycles. The van der Waals surface area contributed by atoms with Gasteiger partial charge in [0.1, 0.15) is 5.82 Å². The quantitative estimate of drug-likeness (QED) is 0.846. The van der Waals surface area contributed by atoms with E-state index in [0.717, 1.165) is 31.6 Å². The molecule has 1 aliphatic heterocycles. The Hall–Kier alpha value is -1.46. The molecule has 0 amide bonds. The van der Waals surface area contributed by atoms with Crippen molar-refractivity contribution in [2.45, 2.75) is 25.4 Å². The van der Waals surface area contributed by atoms with Gasteiger partial charge in [-0.3, -0.25) is 0 Å². The van der Waals surface area contributed by atoms with Gasteiger partial charge in [-0.15, -0.1) is 0 Å². The van der Waals surface area contributed by atoms with Gasteiger partial charge in [-0.2, -0.15) is 0 Å². The summed E-state index contributed by atoms with van der Waals surface area (Å²) in [5.41, 5.74) is 0.786. The predicted molar refractivity (Wildman–Crippen MR) is 68.4 cm³/mol. The van der Waals surface area contributed by atoms with Crippen LogP contribution in [0.15, 0.2) is 18.2 Å². The van der Waals surface area contributed by atoms with Crippen molar-refractivity contribution in [3.63, 3.8) is 0 Å². The first kappa shape index (κ1) is 14.0. The summed E-state index contributed by atoms with van der Waals surface area (Å²) < 4.78 is 23.5. The van der Waals surface area contributed by atoms with Crippen LogP contribution in [0.2, 0.25) is 0 Å². The van der Waals surface area contributed by atoms with Gasteiger partial charge in [0.05, 0.1) is 12.7 Å². The van der Waals surface area contributed by atoms with E-state index in [2.05, 4.69) is 10.1 Å². The Morgan fingerprint density at radius 3 is 2.84 bits per heavy atom. The molecule has 19 heavy (non-hydrogen) atoms. The maximum Gasteiger partial charge on any atom is 0.340 e. The Kier molecular flexibility index (Phi) is 4.87. The van der Waals surface area contributed by atoms with Crippen LogP contribution >= 0.6 is 0 Å². The van der Waals surface area contributed by atoms with Gasteiger partial charge in [-0.25, -0.2) is 9.18 Å². The average Bonchev–Trinajstić information content (AvgIpc) is 2.45. The monoisotopic (exact) mass is 267 g/mol. The number of ether oxygens (including phenoxy) is 2. The summed E-state index contributed by atoms with van der Waals surface area (Å²) in [4.78, 5) is 11.3. The molecule has 0 unspecified atom stereocenters. The first-order chi connectivity index (χ1) is 9.20. The number of halogens is 1. The van der Waals surface area contributed by atoms with E-state index in [9.17, 15) is 9.18 Å². The fraction of sp³-hybridized carbons (Fsp3) is 0.500. The molecule has 5 heteroatoms. The first-order valence-electron chi connectivity index (χ1n) is 6.38. The van der Waals surface area contributed by atoms with Crippen LogP contribution in [0.4, 0.5) is 4.39 Å². The van der Waals surface area contributed by atoms with E-state index in [1.807, 2.05) is 0 Å². The van der Waals surface area contributed by atoms with Crippen LogP contribution in [-0.4, -0.2) is 32.3 Å². The summed E-state index contributed by atoms with van der Waals surface area (Å²) in [6.07, 6.45) is 1.95.